The van der Waals surface area contributed by atoms with Crippen molar-refractivity contribution in [3.05, 3.63) is 29.8 Å². The first-order valence-electron chi connectivity index (χ1n) is 23.8. The molecular weight excluding hydrogens is 711 g/mol. The van der Waals surface area contributed by atoms with Crippen molar-refractivity contribution >= 4 is 11.9 Å². The fraction of sp³-hybridized carbons (Fsp3) is 0.860. The van der Waals surface area contributed by atoms with Gasteiger partial charge in [0, 0.05) is 38.3 Å². The first kappa shape index (κ1) is 52.9. The summed E-state index contributed by atoms with van der Waals surface area (Å²) in [6, 6.07) is 0.484. The van der Waals surface area contributed by atoms with Crippen LogP contribution in [-0.2, 0) is 28.5 Å². The number of hydrogen-bond donors (Lipinski definition) is 0. The van der Waals surface area contributed by atoms with Crippen LogP contribution in [0.1, 0.15) is 214 Å². The molecule has 57 heavy (non-hydrogen) atoms. The molecule has 1 heterocycles. The number of hydrogen-bond acceptors (Lipinski definition) is 7. The van der Waals surface area contributed by atoms with E-state index < -0.39 is 5.79 Å². The highest BCUT2D eigenvalue weighted by molar-refractivity contribution is 5.69. The van der Waals surface area contributed by atoms with Crippen LogP contribution in [0.4, 0.5) is 0 Å². The highest BCUT2D eigenvalue weighted by Crippen LogP contribution is 2.35. The zero-order chi connectivity index (χ0) is 41.8. The summed E-state index contributed by atoms with van der Waals surface area (Å²) in [4.78, 5) is 26.8. The zero-order valence-electron chi connectivity index (χ0n) is 38.1. The van der Waals surface area contributed by atoms with E-state index in [1.54, 1.807) is 0 Å². The molecule has 0 aromatic heterocycles. The monoisotopic (exact) mass is 800 g/mol. The molecule has 4 unspecified atom stereocenters. The average molecular weight is 800 g/mol. The Morgan fingerprint density at radius 2 is 1.23 bits per heavy atom. The smallest absolute Gasteiger partial charge is 0.305 e. The van der Waals surface area contributed by atoms with Crippen LogP contribution >= 0.6 is 0 Å². The fourth-order valence-corrected chi connectivity index (χ4v) is 7.63. The molecule has 330 valence electrons. The lowest BCUT2D eigenvalue weighted by molar-refractivity contribution is -0.180. The standard InChI is InChI=1S/C50H89NO6/c1-8-11-24-31-45(6)36-40-54-48(52)34-27-20-16-14-18-22-29-38-50(56-43-47(57-50)42-51(7)44(4)5)39-30-23-19-15-17-21-28-35-49(53)55-41-37-46(32-25-12-9-2)33-26-13-10-3/h32,44-47H,2,8,10-11,13-24,26-31,33-43H2,1,3-7H3. The number of unbranched alkanes of at least 4 members (excludes halogenated alkanes) is 16. The quantitative estimate of drug-likeness (QED) is 0.0350. The molecule has 1 fully saturated rings. The number of esters is 2. The molecule has 1 saturated heterocycles. The topological polar surface area (TPSA) is 74.3 Å². The van der Waals surface area contributed by atoms with Crippen molar-refractivity contribution in [1.82, 2.24) is 4.90 Å². The molecule has 0 saturated carbocycles. The van der Waals surface area contributed by atoms with Gasteiger partial charge in [0.05, 0.1) is 25.9 Å². The maximum absolute atomic E-state index is 12.3. The Hall–Kier alpha value is -2.10. The Balaban J connectivity index is 2.26. The van der Waals surface area contributed by atoms with Gasteiger partial charge >= 0.3 is 11.9 Å². The van der Waals surface area contributed by atoms with E-state index in [4.69, 9.17) is 18.9 Å². The Labute approximate surface area is 351 Å². The van der Waals surface area contributed by atoms with Crippen LogP contribution < -0.4 is 0 Å². The normalized spacial score (nSPS) is 17.6. The lowest BCUT2D eigenvalue weighted by atomic mass is 9.98. The van der Waals surface area contributed by atoms with Crippen molar-refractivity contribution in [3.63, 3.8) is 0 Å². The van der Waals surface area contributed by atoms with E-state index >= 15 is 0 Å². The molecule has 0 N–H and O–H groups in total. The average Bonchev–Trinajstić information content (AvgIpc) is 3.58. The maximum Gasteiger partial charge on any atom is 0.305 e. The summed E-state index contributed by atoms with van der Waals surface area (Å²) in [6.45, 7) is 17.3. The van der Waals surface area contributed by atoms with Crippen LogP contribution in [0, 0.1) is 11.8 Å². The largest absolute Gasteiger partial charge is 0.466 e. The van der Waals surface area contributed by atoms with Gasteiger partial charge in [-0.1, -0.05) is 141 Å². The molecule has 0 radical (unpaired) electrons. The summed E-state index contributed by atoms with van der Waals surface area (Å²) >= 11 is 0. The van der Waals surface area contributed by atoms with Crippen LogP contribution in [0.2, 0.25) is 0 Å². The highest BCUT2D eigenvalue weighted by atomic mass is 16.7. The molecule has 4 atom stereocenters. The Bertz CT molecular complexity index is 1120. The number of nitrogens with zero attached hydrogens (tertiary/aromatic N) is 1. The van der Waals surface area contributed by atoms with Gasteiger partial charge in [-0.3, -0.25) is 9.59 Å². The SMILES string of the molecule is C=C=C=C=CC(CCCCC)CCOC(=O)CCCCCCCCCC1(CCCCCCCCCC(=O)OCCC(C)CCCCC)OCC(CN(C)C(C)C)O1. The molecule has 0 aromatic rings. The van der Waals surface area contributed by atoms with E-state index in [0.717, 1.165) is 83.6 Å². The third-order valence-corrected chi connectivity index (χ3v) is 11.7. The highest BCUT2D eigenvalue weighted by Gasteiger charge is 2.40. The molecule has 0 aromatic carbocycles. The van der Waals surface area contributed by atoms with Crippen LogP contribution in [0.25, 0.3) is 0 Å². The van der Waals surface area contributed by atoms with Gasteiger partial charge in [0.15, 0.2) is 5.79 Å². The second-order valence-corrected chi connectivity index (χ2v) is 17.4. The van der Waals surface area contributed by atoms with Crippen LogP contribution in [0.5, 0.6) is 0 Å². The molecule has 1 rings (SSSR count). The first-order chi connectivity index (χ1) is 27.6. The van der Waals surface area contributed by atoms with Gasteiger partial charge in [-0.25, -0.2) is 0 Å². The summed E-state index contributed by atoms with van der Waals surface area (Å²) < 4.78 is 24.3. The Morgan fingerprint density at radius 3 is 1.75 bits per heavy atom. The van der Waals surface area contributed by atoms with Gasteiger partial charge in [0.25, 0.3) is 0 Å². The second-order valence-electron chi connectivity index (χ2n) is 17.4. The van der Waals surface area contributed by atoms with Gasteiger partial charge in [0.2, 0.25) is 0 Å². The van der Waals surface area contributed by atoms with E-state index in [9.17, 15) is 9.59 Å². The van der Waals surface area contributed by atoms with Gasteiger partial charge in [-0.15, -0.1) is 0 Å². The molecule has 7 nitrogen and oxygen atoms in total. The Kier molecular flexibility index (Phi) is 33.2. The minimum atomic E-state index is -0.443. The number of carbonyl (C=O) groups is 2. The third-order valence-electron chi connectivity index (χ3n) is 11.7. The molecule has 1 aliphatic heterocycles. The van der Waals surface area contributed by atoms with Gasteiger partial charge in [-0.05, 0) is 96.1 Å². The summed E-state index contributed by atoms with van der Waals surface area (Å²) in [5.74, 6) is 0.444. The molecular formula is C50H89NO6. The van der Waals surface area contributed by atoms with Crippen molar-refractivity contribution in [1.29, 1.82) is 0 Å². The number of ether oxygens (including phenoxy) is 4. The summed E-state index contributed by atoms with van der Waals surface area (Å²) in [5.41, 5.74) is 8.40. The maximum atomic E-state index is 12.3. The number of allylic oxidation sites excluding steroid dienone is 1. The van der Waals surface area contributed by atoms with Gasteiger partial charge in [-0.2, -0.15) is 0 Å². The van der Waals surface area contributed by atoms with E-state index in [-0.39, 0.29) is 18.0 Å². The van der Waals surface area contributed by atoms with Crippen molar-refractivity contribution in [2.24, 2.45) is 11.8 Å². The van der Waals surface area contributed by atoms with Crippen LogP contribution in [-0.4, -0.2) is 68.2 Å². The van der Waals surface area contributed by atoms with E-state index in [2.05, 4.69) is 70.3 Å². The lowest BCUT2D eigenvalue weighted by Crippen LogP contribution is -2.37. The predicted octanol–water partition coefficient (Wildman–Crippen LogP) is 13.4. The summed E-state index contributed by atoms with van der Waals surface area (Å²) in [6.07, 6.45) is 32.5. The fourth-order valence-electron chi connectivity index (χ4n) is 7.63. The molecule has 0 amide bonds. The zero-order valence-corrected chi connectivity index (χ0v) is 38.1. The third kappa shape index (κ3) is 29.7. The molecule has 7 heteroatoms. The number of likely N-dealkylation sites (N-methyl/N-ethyl adjacent to an activating group) is 1. The second kappa shape index (κ2) is 35.8. The van der Waals surface area contributed by atoms with E-state index in [1.165, 1.54) is 89.9 Å². The lowest BCUT2D eigenvalue weighted by Gasteiger charge is -2.30. The molecule has 0 spiro atoms. The van der Waals surface area contributed by atoms with Crippen molar-refractivity contribution in [3.8, 4) is 0 Å². The number of rotatable bonds is 38. The van der Waals surface area contributed by atoms with Gasteiger partial charge < -0.3 is 23.8 Å². The van der Waals surface area contributed by atoms with Crippen LogP contribution in [0.15, 0.2) is 29.8 Å². The number of carbonyl (C=O) groups excluding carboxylic acids is 2. The Morgan fingerprint density at radius 1 is 0.719 bits per heavy atom. The summed E-state index contributed by atoms with van der Waals surface area (Å²) in [7, 11) is 2.17. The minimum Gasteiger partial charge on any atom is -0.466 e. The predicted molar refractivity (Wildman–Crippen MR) is 237 cm³/mol. The minimum absolute atomic E-state index is 0.0250. The first-order valence-corrected chi connectivity index (χ1v) is 23.8. The van der Waals surface area contributed by atoms with Crippen molar-refractivity contribution in [2.45, 2.75) is 232 Å². The van der Waals surface area contributed by atoms with E-state index in [1.807, 2.05) is 6.08 Å². The van der Waals surface area contributed by atoms with Crippen molar-refractivity contribution in [2.75, 3.05) is 33.4 Å². The molecule has 0 aliphatic carbocycles. The van der Waals surface area contributed by atoms with Gasteiger partial charge in [0.1, 0.15) is 0 Å². The molecule has 0 bridgehead atoms. The van der Waals surface area contributed by atoms with E-state index in [0.29, 0.717) is 50.5 Å². The van der Waals surface area contributed by atoms with Crippen LogP contribution in [0.3, 0.4) is 0 Å². The van der Waals surface area contributed by atoms with Crippen molar-refractivity contribution < 1.29 is 28.5 Å². The summed E-state index contributed by atoms with van der Waals surface area (Å²) in [5, 5.41) is 0. The molecule has 1 aliphatic rings.